The molecule has 3 aliphatic rings. The minimum absolute atomic E-state index is 0.163. The molecule has 4 aromatic carbocycles. The van der Waals surface area contributed by atoms with Gasteiger partial charge in [-0.15, -0.1) is 0 Å². The third kappa shape index (κ3) is 4.02. The Morgan fingerprint density at radius 2 is 1.48 bits per heavy atom. The Labute approximate surface area is 258 Å². The smallest absolute Gasteiger partial charge is 0.238 e. The van der Waals surface area contributed by atoms with E-state index in [9.17, 15) is 9.59 Å². The molecular weight excluding hydrogens is 544 g/mol. The number of hydrogen-bond donors (Lipinski definition) is 1. The summed E-state index contributed by atoms with van der Waals surface area (Å²) in [6.07, 6.45) is 4.03. The highest BCUT2D eigenvalue weighted by molar-refractivity contribution is 6.18. The molecule has 0 saturated carbocycles. The number of rotatable bonds is 6. The van der Waals surface area contributed by atoms with Gasteiger partial charge in [0.05, 0.1) is 12.0 Å². The quantitative estimate of drug-likeness (QED) is 0.240. The molecule has 0 bridgehead atoms. The van der Waals surface area contributed by atoms with Crippen molar-refractivity contribution < 1.29 is 14.4 Å². The summed E-state index contributed by atoms with van der Waals surface area (Å²) in [6, 6.07) is 27.6. The van der Waals surface area contributed by atoms with E-state index in [4.69, 9.17) is 0 Å². The molecule has 3 heterocycles. The van der Waals surface area contributed by atoms with Crippen molar-refractivity contribution in [3.63, 3.8) is 0 Å². The number of allylic oxidation sites excluding steroid dienone is 1. The summed E-state index contributed by atoms with van der Waals surface area (Å²) < 4.78 is 0. The minimum atomic E-state index is -1.31. The van der Waals surface area contributed by atoms with E-state index in [2.05, 4.69) is 43.1 Å². The summed E-state index contributed by atoms with van der Waals surface area (Å²) in [5, 5.41) is 3.12. The highest BCUT2D eigenvalue weighted by Gasteiger charge is 2.70. The molecule has 220 valence electrons. The summed E-state index contributed by atoms with van der Waals surface area (Å²) in [6.45, 7) is 8.22. The topological polar surface area (TPSA) is 66.5 Å². The molecule has 1 amide bonds. The first kappa shape index (κ1) is 28.0. The van der Waals surface area contributed by atoms with Gasteiger partial charge < -0.3 is 10.2 Å². The van der Waals surface area contributed by atoms with E-state index in [0.29, 0.717) is 16.8 Å². The first-order valence-corrected chi connectivity index (χ1v) is 15.5. The molecule has 1 fully saturated rings. The Kier molecular flexibility index (Phi) is 6.65. The zero-order valence-electron chi connectivity index (χ0n) is 25.6. The minimum Gasteiger partial charge on any atom is -0.352 e. The Morgan fingerprint density at radius 3 is 2.20 bits per heavy atom. The molecule has 4 atom stereocenters. The van der Waals surface area contributed by atoms with Crippen LogP contribution in [0.5, 0.6) is 0 Å². The molecule has 44 heavy (non-hydrogen) atoms. The fraction of sp³-hybridized carbons (Fsp3) is 0.256. The number of para-hydroxylation sites is 1. The standard InChI is InChI=1S/C39H36N2O3/c1-5-8-26-14-18-27(19-15-26)36(42)34-35(37(43)28-16-11-23(2)12-17-28)41-32-20-13-24(3)21-29(32)25(4)22-33(41)39(34)30-9-6-7-10-31(30)40-38(39)44/h6-7,9-22,33-35H,5,8H2,1-4H3,(H,40,44)/t33-,34+,35-,39+/m1/s1. The van der Waals surface area contributed by atoms with Gasteiger partial charge in [-0.2, -0.15) is 0 Å². The van der Waals surface area contributed by atoms with Gasteiger partial charge >= 0.3 is 0 Å². The lowest BCUT2D eigenvalue weighted by Gasteiger charge is -2.39. The SMILES string of the molecule is CCCc1ccc(C(=O)[C@@H]2[C@H](C(=O)c3ccc(C)cc3)N3c4ccc(C)cc4C(C)=C[C@@H]3[C@]23C(=O)Nc2ccccc23)cc1. The first-order valence-electron chi connectivity index (χ1n) is 15.5. The number of fused-ring (bicyclic) bond motifs is 6. The largest absolute Gasteiger partial charge is 0.352 e. The van der Waals surface area contributed by atoms with Crippen LogP contribution in [0.1, 0.15) is 68.8 Å². The number of ketones is 2. The molecule has 4 aromatic rings. The van der Waals surface area contributed by atoms with Crippen molar-refractivity contribution in [2.45, 2.75) is 58.0 Å². The van der Waals surface area contributed by atoms with Crippen LogP contribution in [0.2, 0.25) is 0 Å². The predicted octanol–water partition coefficient (Wildman–Crippen LogP) is 7.50. The molecular formula is C39H36N2O3. The lowest BCUT2D eigenvalue weighted by molar-refractivity contribution is -0.121. The van der Waals surface area contributed by atoms with Gasteiger partial charge in [-0.25, -0.2) is 0 Å². The van der Waals surface area contributed by atoms with Crippen molar-refractivity contribution in [1.82, 2.24) is 0 Å². The summed E-state index contributed by atoms with van der Waals surface area (Å²) >= 11 is 0. The lowest BCUT2D eigenvalue weighted by atomic mass is 9.64. The van der Waals surface area contributed by atoms with Crippen LogP contribution in [0.15, 0.2) is 97.1 Å². The number of carbonyl (C=O) groups excluding carboxylic acids is 3. The Balaban J connectivity index is 1.52. The number of benzene rings is 4. The van der Waals surface area contributed by atoms with Gasteiger partial charge in [-0.05, 0) is 62.1 Å². The maximum absolute atomic E-state index is 15.0. The van der Waals surface area contributed by atoms with Crippen molar-refractivity contribution in [2.24, 2.45) is 5.92 Å². The predicted molar refractivity (Wildman–Crippen MR) is 175 cm³/mol. The maximum atomic E-state index is 15.0. The molecule has 7 rings (SSSR count). The zero-order chi connectivity index (χ0) is 30.7. The Hall–Kier alpha value is -4.77. The highest BCUT2D eigenvalue weighted by atomic mass is 16.2. The van der Waals surface area contributed by atoms with Crippen molar-refractivity contribution in [1.29, 1.82) is 0 Å². The van der Waals surface area contributed by atoms with Crippen LogP contribution in [0.3, 0.4) is 0 Å². The molecule has 0 unspecified atom stereocenters. The lowest BCUT2D eigenvalue weighted by Crippen LogP contribution is -2.51. The van der Waals surface area contributed by atoms with Gasteiger partial charge in [0.25, 0.3) is 0 Å². The van der Waals surface area contributed by atoms with Gasteiger partial charge in [-0.3, -0.25) is 14.4 Å². The second-order valence-corrected chi connectivity index (χ2v) is 12.6. The number of Topliss-reactive ketones (excluding diaryl/α,β-unsaturated/α-hetero) is 2. The highest BCUT2D eigenvalue weighted by Crippen LogP contribution is 2.59. The van der Waals surface area contributed by atoms with Crippen LogP contribution in [-0.4, -0.2) is 29.6 Å². The normalized spacial score (nSPS) is 23.1. The number of nitrogens with zero attached hydrogens (tertiary/aromatic N) is 1. The molecule has 0 radical (unpaired) electrons. The van der Waals surface area contributed by atoms with Crippen LogP contribution in [0, 0.1) is 19.8 Å². The molecule has 1 spiro atoms. The van der Waals surface area contributed by atoms with Crippen molar-refractivity contribution in [3.05, 3.63) is 136 Å². The second-order valence-electron chi connectivity index (χ2n) is 12.6. The van der Waals surface area contributed by atoms with Gasteiger partial charge in [0.2, 0.25) is 5.91 Å². The molecule has 1 saturated heterocycles. The van der Waals surface area contributed by atoms with E-state index in [0.717, 1.165) is 51.9 Å². The van der Waals surface area contributed by atoms with Gasteiger partial charge in [0.1, 0.15) is 11.5 Å². The fourth-order valence-electron chi connectivity index (χ4n) is 7.74. The summed E-state index contributed by atoms with van der Waals surface area (Å²) in [5.41, 5.74) is 7.40. The maximum Gasteiger partial charge on any atom is 0.238 e. The number of nitrogens with one attached hydrogen (secondary N) is 1. The van der Waals surface area contributed by atoms with Crippen molar-refractivity contribution >= 4 is 34.4 Å². The van der Waals surface area contributed by atoms with Gasteiger partial charge in [-0.1, -0.05) is 103 Å². The molecule has 1 N–H and O–H groups in total. The number of carbonyl (C=O) groups is 3. The first-order chi connectivity index (χ1) is 21.2. The molecule has 5 nitrogen and oxygen atoms in total. The monoisotopic (exact) mass is 580 g/mol. The van der Waals surface area contributed by atoms with Crippen LogP contribution >= 0.6 is 0 Å². The van der Waals surface area contributed by atoms with Crippen LogP contribution in [0.25, 0.3) is 5.57 Å². The van der Waals surface area contributed by atoms with Gasteiger partial charge in [0, 0.05) is 28.1 Å². The van der Waals surface area contributed by atoms with E-state index in [1.54, 1.807) is 0 Å². The zero-order valence-corrected chi connectivity index (χ0v) is 25.6. The summed E-state index contributed by atoms with van der Waals surface area (Å²) in [5.74, 6) is -1.57. The Bertz CT molecular complexity index is 1850. The number of hydrogen-bond acceptors (Lipinski definition) is 4. The average molecular weight is 581 g/mol. The number of aryl methyl sites for hydroxylation is 3. The van der Waals surface area contributed by atoms with E-state index < -0.39 is 23.4 Å². The second kappa shape index (κ2) is 10.4. The average Bonchev–Trinajstić information content (AvgIpc) is 3.49. The van der Waals surface area contributed by atoms with Crippen molar-refractivity contribution in [3.8, 4) is 0 Å². The van der Waals surface area contributed by atoms with Crippen LogP contribution in [-0.2, 0) is 16.6 Å². The third-order valence-corrected chi connectivity index (χ3v) is 9.80. The summed E-state index contributed by atoms with van der Waals surface area (Å²) in [7, 11) is 0. The third-order valence-electron chi connectivity index (χ3n) is 9.80. The van der Waals surface area contributed by atoms with Crippen LogP contribution in [0.4, 0.5) is 11.4 Å². The van der Waals surface area contributed by atoms with E-state index in [-0.39, 0.29) is 17.5 Å². The molecule has 3 aliphatic heterocycles. The number of anilines is 2. The van der Waals surface area contributed by atoms with E-state index in [1.165, 1.54) is 0 Å². The molecule has 0 aliphatic carbocycles. The summed E-state index contributed by atoms with van der Waals surface area (Å²) in [4.78, 5) is 46.6. The van der Waals surface area contributed by atoms with E-state index >= 15 is 4.79 Å². The van der Waals surface area contributed by atoms with Crippen molar-refractivity contribution in [2.75, 3.05) is 10.2 Å². The van der Waals surface area contributed by atoms with Crippen LogP contribution < -0.4 is 10.2 Å². The van der Waals surface area contributed by atoms with E-state index in [1.807, 2.05) is 91.9 Å². The number of amides is 1. The Morgan fingerprint density at radius 1 is 0.818 bits per heavy atom. The molecule has 0 aromatic heterocycles. The van der Waals surface area contributed by atoms with Gasteiger partial charge in [0.15, 0.2) is 11.6 Å². The fourth-order valence-corrected chi connectivity index (χ4v) is 7.74. The molecule has 5 heteroatoms.